The Labute approximate surface area is 167 Å². The zero-order chi connectivity index (χ0) is 17.8. The summed E-state index contributed by atoms with van der Waals surface area (Å²) < 4.78 is 2.32. The first-order valence-corrected chi connectivity index (χ1v) is 10.2. The molecule has 3 heteroatoms. The van der Waals surface area contributed by atoms with Gasteiger partial charge in [0.25, 0.3) is 0 Å². The van der Waals surface area contributed by atoms with E-state index in [1.807, 2.05) is 0 Å². The summed E-state index contributed by atoms with van der Waals surface area (Å²) in [5.41, 5.74) is 1.72. The van der Waals surface area contributed by atoms with Crippen LogP contribution in [0, 0.1) is 5.41 Å². The smallest absolute Gasteiger partial charge is 0.170 e. The minimum atomic E-state index is 0. The monoisotopic (exact) mass is 412 g/mol. The van der Waals surface area contributed by atoms with Crippen molar-refractivity contribution >= 4 is 5.69 Å². The molecule has 0 spiro atoms. The lowest BCUT2D eigenvalue weighted by Gasteiger charge is -2.24. The fourth-order valence-corrected chi connectivity index (χ4v) is 3.14. The SMILES string of the molecule is CCCCCCN(CCCCCC)c1cc[n+](CC(C)(C)C)cc1.[Br-]. The van der Waals surface area contributed by atoms with Gasteiger partial charge < -0.3 is 21.9 Å². The van der Waals surface area contributed by atoms with Crippen molar-refractivity contribution in [1.82, 2.24) is 0 Å². The van der Waals surface area contributed by atoms with E-state index in [1.54, 1.807) is 0 Å². The van der Waals surface area contributed by atoms with Gasteiger partial charge in [0.1, 0.15) is 0 Å². The lowest BCUT2D eigenvalue weighted by Crippen LogP contribution is -3.00. The quantitative estimate of drug-likeness (QED) is 0.378. The summed E-state index contributed by atoms with van der Waals surface area (Å²) in [4.78, 5) is 2.60. The highest BCUT2D eigenvalue weighted by atomic mass is 79.9. The van der Waals surface area contributed by atoms with Crippen molar-refractivity contribution in [3.05, 3.63) is 24.5 Å². The molecule has 0 fully saturated rings. The van der Waals surface area contributed by atoms with Crippen molar-refractivity contribution in [1.29, 1.82) is 0 Å². The maximum Gasteiger partial charge on any atom is 0.170 e. The van der Waals surface area contributed by atoms with E-state index < -0.39 is 0 Å². The average molecular weight is 413 g/mol. The molecule has 1 aromatic heterocycles. The largest absolute Gasteiger partial charge is 1.00 e. The molecule has 0 saturated carbocycles. The molecule has 0 atom stereocenters. The predicted octanol–water partition coefficient (Wildman–Crippen LogP) is 2.99. The van der Waals surface area contributed by atoms with Crippen LogP contribution in [-0.2, 0) is 6.54 Å². The zero-order valence-corrected chi connectivity index (χ0v) is 18.9. The molecule has 0 radical (unpaired) electrons. The van der Waals surface area contributed by atoms with Crippen LogP contribution in [0.2, 0.25) is 0 Å². The number of hydrogen-bond acceptors (Lipinski definition) is 1. The summed E-state index contributed by atoms with van der Waals surface area (Å²) in [5, 5.41) is 0. The van der Waals surface area contributed by atoms with Gasteiger partial charge in [0.2, 0.25) is 0 Å². The topological polar surface area (TPSA) is 7.12 Å². The van der Waals surface area contributed by atoms with E-state index >= 15 is 0 Å². The first-order valence-electron chi connectivity index (χ1n) is 10.2. The Balaban J connectivity index is 0.00000576. The van der Waals surface area contributed by atoms with Crippen LogP contribution in [0.5, 0.6) is 0 Å². The molecule has 0 bridgehead atoms. The van der Waals surface area contributed by atoms with E-state index in [0.29, 0.717) is 5.41 Å². The van der Waals surface area contributed by atoms with Crippen molar-refractivity contribution in [3.63, 3.8) is 0 Å². The molecule has 0 unspecified atom stereocenters. The van der Waals surface area contributed by atoms with Crippen LogP contribution in [0.1, 0.15) is 86.0 Å². The predicted molar refractivity (Wildman–Crippen MR) is 107 cm³/mol. The van der Waals surface area contributed by atoms with Gasteiger partial charge in [-0.05, 0) is 12.8 Å². The standard InChI is InChI=1S/C22H41N2.BrH/c1-6-8-10-12-16-24(17-13-11-9-7-2)21-14-18-23(19-15-21)20-22(3,4)5;/h14-15,18-19H,6-13,16-17,20H2,1-5H3;1H/q+1;/p-1. The second-order valence-electron chi connectivity index (χ2n) is 8.40. The molecule has 0 amide bonds. The van der Waals surface area contributed by atoms with Gasteiger partial charge in [-0.15, -0.1) is 0 Å². The number of halogens is 1. The first kappa shape index (κ1) is 24.4. The molecule has 2 nitrogen and oxygen atoms in total. The number of rotatable bonds is 12. The molecule has 146 valence electrons. The molecule has 25 heavy (non-hydrogen) atoms. The Morgan fingerprint density at radius 2 is 1.28 bits per heavy atom. The van der Waals surface area contributed by atoms with Crippen LogP contribution in [0.25, 0.3) is 0 Å². The highest BCUT2D eigenvalue weighted by Gasteiger charge is 2.17. The van der Waals surface area contributed by atoms with Gasteiger partial charge in [-0.25, -0.2) is 4.57 Å². The summed E-state index contributed by atoms with van der Waals surface area (Å²) in [6, 6.07) is 4.62. The minimum absolute atomic E-state index is 0. The number of nitrogens with zero attached hydrogens (tertiary/aromatic N) is 2. The molecule has 0 aliphatic carbocycles. The summed E-state index contributed by atoms with van der Waals surface area (Å²) >= 11 is 0. The molecule has 0 N–H and O–H groups in total. The maximum absolute atomic E-state index is 2.60. The fraction of sp³-hybridized carbons (Fsp3) is 0.773. The summed E-state index contributed by atoms with van der Waals surface area (Å²) in [5.74, 6) is 0. The van der Waals surface area contributed by atoms with E-state index in [0.717, 1.165) is 6.54 Å². The van der Waals surface area contributed by atoms with Crippen LogP contribution in [-0.4, -0.2) is 13.1 Å². The normalized spacial score (nSPS) is 11.2. The van der Waals surface area contributed by atoms with Gasteiger partial charge in [0.15, 0.2) is 18.9 Å². The van der Waals surface area contributed by atoms with Crippen molar-refractivity contribution in [3.8, 4) is 0 Å². The van der Waals surface area contributed by atoms with Gasteiger partial charge in [0.05, 0.1) is 0 Å². The highest BCUT2D eigenvalue weighted by Crippen LogP contribution is 2.17. The maximum atomic E-state index is 2.60. The fourth-order valence-electron chi connectivity index (χ4n) is 3.14. The number of pyridine rings is 1. The van der Waals surface area contributed by atoms with Crippen molar-refractivity contribution < 1.29 is 21.5 Å². The lowest BCUT2D eigenvalue weighted by molar-refractivity contribution is -0.708. The third kappa shape index (κ3) is 11.6. The van der Waals surface area contributed by atoms with E-state index in [9.17, 15) is 0 Å². The Kier molecular flexibility index (Phi) is 13.3. The van der Waals surface area contributed by atoms with E-state index in [4.69, 9.17) is 0 Å². The first-order chi connectivity index (χ1) is 11.5. The molecule has 0 aliphatic rings. The van der Waals surface area contributed by atoms with Crippen molar-refractivity contribution in [2.24, 2.45) is 5.41 Å². The Hall–Kier alpha value is -0.570. The summed E-state index contributed by atoms with van der Waals surface area (Å²) in [6.45, 7) is 14.9. The molecule has 0 saturated heterocycles. The number of aromatic nitrogens is 1. The van der Waals surface area contributed by atoms with Gasteiger partial charge in [0, 0.05) is 36.3 Å². The number of anilines is 1. The van der Waals surface area contributed by atoms with Gasteiger partial charge in [-0.2, -0.15) is 0 Å². The van der Waals surface area contributed by atoms with Crippen LogP contribution >= 0.6 is 0 Å². The molecular formula is C22H41BrN2. The molecule has 0 aromatic carbocycles. The summed E-state index contributed by atoms with van der Waals surface area (Å²) in [7, 11) is 0. The van der Waals surface area contributed by atoms with Crippen LogP contribution < -0.4 is 26.4 Å². The van der Waals surface area contributed by atoms with E-state index in [-0.39, 0.29) is 17.0 Å². The molecular weight excluding hydrogens is 372 g/mol. The molecule has 1 rings (SSSR count). The van der Waals surface area contributed by atoms with Gasteiger partial charge >= 0.3 is 0 Å². The minimum Gasteiger partial charge on any atom is -1.00 e. The van der Waals surface area contributed by atoms with E-state index in [1.165, 1.54) is 70.1 Å². The van der Waals surface area contributed by atoms with Crippen LogP contribution in [0.15, 0.2) is 24.5 Å². The zero-order valence-electron chi connectivity index (χ0n) is 17.4. The Morgan fingerprint density at radius 3 is 1.68 bits per heavy atom. The number of unbranched alkanes of at least 4 members (excludes halogenated alkanes) is 6. The average Bonchev–Trinajstić information content (AvgIpc) is 2.53. The van der Waals surface area contributed by atoms with Crippen LogP contribution in [0.3, 0.4) is 0 Å². The number of hydrogen-bond donors (Lipinski definition) is 0. The van der Waals surface area contributed by atoms with Crippen molar-refractivity contribution in [2.45, 2.75) is 92.5 Å². The third-order valence-corrected chi connectivity index (χ3v) is 4.46. The summed E-state index contributed by atoms with van der Waals surface area (Å²) in [6.07, 6.45) is 15.2. The highest BCUT2D eigenvalue weighted by molar-refractivity contribution is 5.43. The third-order valence-electron chi connectivity index (χ3n) is 4.46. The van der Waals surface area contributed by atoms with Crippen LogP contribution in [0.4, 0.5) is 5.69 Å². The second-order valence-corrected chi connectivity index (χ2v) is 8.40. The Morgan fingerprint density at radius 1 is 0.800 bits per heavy atom. The lowest BCUT2D eigenvalue weighted by atomic mass is 9.97. The van der Waals surface area contributed by atoms with Gasteiger partial charge in [-0.3, -0.25) is 0 Å². The Bertz CT molecular complexity index is 411. The second kappa shape index (κ2) is 13.6. The van der Waals surface area contributed by atoms with Crippen molar-refractivity contribution in [2.75, 3.05) is 18.0 Å². The molecule has 0 aliphatic heterocycles. The molecule has 1 aromatic rings. The van der Waals surface area contributed by atoms with Gasteiger partial charge in [-0.1, -0.05) is 73.1 Å². The van der Waals surface area contributed by atoms with E-state index in [2.05, 4.69) is 68.6 Å². The molecule has 1 heterocycles.